The predicted octanol–water partition coefficient (Wildman–Crippen LogP) is 0.504. The molecule has 1 N–H and O–H groups in total. The number of sulfone groups is 1. The van der Waals surface area contributed by atoms with Crippen LogP contribution in [0.3, 0.4) is 0 Å². The number of anilines is 2. The summed E-state index contributed by atoms with van der Waals surface area (Å²) in [6.45, 7) is 0.127. The minimum Gasteiger partial charge on any atom is -0.356 e. The average Bonchev–Trinajstić information content (AvgIpc) is 2.77. The summed E-state index contributed by atoms with van der Waals surface area (Å²) < 4.78 is 23.2. The van der Waals surface area contributed by atoms with E-state index in [-0.39, 0.29) is 30.0 Å². The number of carbonyl (C=O) groups excluding carboxylic acids is 1. The van der Waals surface area contributed by atoms with E-state index in [4.69, 9.17) is 5.26 Å². The first kappa shape index (κ1) is 12.9. The van der Waals surface area contributed by atoms with Crippen LogP contribution in [0.15, 0.2) is 18.2 Å². The van der Waals surface area contributed by atoms with E-state index in [1.165, 1.54) is 0 Å². The molecule has 1 atom stereocenters. The Kier molecular flexibility index (Phi) is 2.91. The van der Waals surface area contributed by atoms with Crippen molar-refractivity contribution in [1.82, 2.24) is 0 Å². The molecule has 1 unspecified atom stereocenters. The third-order valence-electron chi connectivity index (χ3n) is 3.70. The Morgan fingerprint density at radius 3 is 2.85 bits per heavy atom. The number of nitrogens with one attached hydrogen (secondary N) is 1. The lowest BCUT2D eigenvalue weighted by Crippen LogP contribution is -2.45. The first-order valence-electron chi connectivity index (χ1n) is 6.30. The maximum absolute atomic E-state index is 11.8. The minimum absolute atomic E-state index is 0.0660. The summed E-state index contributed by atoms with van der Waals surface area (Å²) in [5.41, 5.74) is 1.60. The van der Waals surface area contributed by atoms with Crippen LogP contribution in [-0.4, -0.2) is 38.4 Å². The number of fused-ring (bicyclic) bond motifs is 1. The van der Waals surface area contributed by atoms with Crippen molar-refractivity contribution >= 4 is 27.1 Å². The van der Waals surface area contributed by atoms with Gasteiger partial charge in [-0.3, -0.25) is 4.79 Å². The Balaban J connectivity index is 2.04. The summed E-state index contributed by atoms with van der Waals surface area (Å²) in [7, 11) is -3.02. The molecule has 7 heteroatoms. The van der Waals surface area contributed by atoms with Crippen LogP contribution >= 0.6 is 0 Å². The van der Waals surface area contributed by atoms with Crippen LogP contribution in [0.2, 0.25) is 0 Å². The van der Waals surface area contributed by atoms with Crippen LogP contribution in [-0.2, 0) is 14.6 Å². The number of para-hydroxylation sites is 1. The molecule has 104 valence electrons. The zero-order valence-corrected chi connectivity index (χ0v) is 11.5. The molecule has 0 aliphatic carbocycles. The van der Waals surface area contributed by atoms with Crippen LogP contribution in [0, 0.1) is 11.3 Å². The van der Waals surface area contributed by atoms with Crippen LogP contribution in [0.4, 0.5) is 11.4 Å². The van der Waals surface area contributed by atoms with Gasteiger partial charge in [0.2, 0.25) is 5.91 Å². The lowest BCUT2D eigenvalue weighted by Gasteiger charge is -2.35. The Bertz CT molecular complexity index is 721. The third kappa shape index (κ3) is 2.12. The summed E-state index contributed by atoms with van der Waals surface area (Å²) in [4.78, 5) is 13.6. The van der Waals surface area contributed by atoms with Crippen LogP contribution in [0.5, 0.6) is 0 Å². The van der Waals surface area contributed by atoms with Crippen molar-refractivity contribution in [2.75, 3.05) is 28.3 Å². The van der Waals surface area contributed by atoms with Crippen molar-refractivity contribution in [3.05, 3.63) is 23.8 Å². The van der Waals surface area contributed by atoms with E-state index in [0.717, 1.165) is 5.69 Å². The van der Waals surface area contributed by atoms with E-state index in [9.17, 15) is 13.2 Å². The molecule has 1 saturated heterocycles. The number of nitriles is 1. The molecule has 0 aromatic heterocycles. The first-order chi connectivity index (χ1) is 9.50. The highest BCUT2D eigenvalue weighted by atomic mass is 32.2. The Hall–Kier alpha value is -2.07. The number of carbonyl (C=O) groups is 1. The fourth-order valence-electron chi connectivity index (χ4n) is 2.77. The smallest absolute Gasteiger partial charge is 0.243 e. The molecule has 1 amide bonds. The van der Waals surface area contributed by atoms with Gasteiger partial charge in [-0.2, -0.15) is 5.26 Å². The highest BCUT2D eigenvalue weighted by Gasteiger charge is 2.36. The number of amides is 1. The van der Waals surface area contributed by atoms with Crippen LogP contribution in [0.1, 0.15) is 12.0 Å². The molecule has 6 nitrogen and oxygen atoms in total. The molecule has 2 aliphatic rings. The van der Waals surface area contributed by atoms with Gasteiger partial charge in [-0.25, -0.2) is 8.42 Å². The normalized spacial score (nSPS) is 23.9. The molecule has 0 radical (unpaired) electrons. The molecule has 1 fully saturated rings. The summed E-state index contributed by atoms with van der Waals surface area (Å²) in [5, 5.41) is 11.8. The molecular formula is C13H13N3O3S. The molecule has 2 aliphatic heterocycles. The van der Waals surface area contributed by atoms with Gasteiger partial charge < -0.3 is 10.2 Å². The van der Waals surface area contributed by atoms with E-state index in [1.807, 2.05) is 6.07 Å². The van der Waals surface area contributed by atoms with Gasteiger partial charge in [-0.15, -0.1) is 0 Å². The summed E-state index contributed by atoms with van der Waals surface area (Å²) in [6, 6.07) is 7.03. The van der Waals surface area contributed by atoms with Crippen molar-refractivity contribution in [3.63, 3.8) is 0 Å². The van der Waals surface area contributed by atoms with Crippen LogP contribution < -0.4 is 10.2 Å². The van der Waals surface area contributed by atoms with E-state index in [2.05, 4.69) is 5.32 Å². The molecular weight excluding hydrogens is 278 g/mol. The molecule has 3 rings (SSSR count). The number of nitrogens with zero attached hydrogens (tertiary/aromatic N) is 2. The van der Waals surface area contributed by atoms with Crippen molar-refractivity contribution < 1.29 is 13.2 Å². The molecule has 20 heavy (non-hydrogen) atoms. The second kappa shape index (κ2) is 4.49. The highest BCUT2D eigenvalue weighted by molar-refractivity contribution is 7.91. The van der Waals surface area contributed by atoms with Crippen molar-refractivity contribution in [2.24, 2.45) is 0 Å². The number of hydrogen-bond acceptors (Lipinski definition) is 5. The topological polar surface area (TPSA) is 90.3 Å². The van der Waals surface area contributed by atoms with Gasteiger partial charge >= 0.3 is 0 Å². The number of benzene rings is 1. The van der Waals surface area contributed by atoms with Gasteiger partial charge in [0.1, 0.15) is 6.07 Å². The number of hydrogen-bond donors (Lipinski definition) is 1. The van der Waals surface area contributed by atoms with Gasteiger partial charge in [-0.05, 0) is 18.6 Å². The van der Waals surface area contributed by atoms with Gasteiger partial charge in [0.05, 0.1) is 35.0 Å². The van der Waals surface area contributed by atoms with Gasteiger partial charge in [0.15, 0.2) is 9.84 Å². The molecule has 1 aromatic rings. The first-order valence-corrected chi connectivity index (χ1v) is 8.12. The lowest BCUT2D eigenvalue weighted by atomic mass is 10.1. The molecule has 0 bridgehead atoms. The maximum atomic E-state index is 11.8. The van der Waals surface area contributed by atoms with Crippen molar-refractivity contribution in [3.8, 4) is 6.07 Å². The fourth-order valence-corrected chi connectivity index (χ4v) is 4.50. The van der Waals surface area contributed by atoms with E-state index >= 15 is 0 Å². The zero-order valence-electron chi connectivity index (χ0n) is 10.7. The monoisotopic (exact) mass is 291 g/mol. The zero-order chi connectivity index (χ0) is 14.3. The molecule has 1 aromatic carbocycles. The van der Waals surface area contributed by atoms with E-state index < -0.39 is 9.84 Å². The standard InChI is InChI=1S/C13H13N3O3S/c14-6-9-2-1-3-11-13(9)15-12(17)7-16(11)10-4-5-20(18,19)8-10/h1-3,10H,4-5,7-8H2,(H,15,17). The molecule has 0 spiro atoms. The van der Waals surface area contributed by atoms with Crippen LogP contribution in [0.25, 0.3) is 0 Å². The van der Waals surface area contributed by atoms with Gasteiger partial charge in [-0.1, -0.05) is 6.07 Å². The molecule has 2 heterocycles. The van der Waals surface area contributed by atoms with Crippen molar-refractivity contribution in [1.29, 1.82) is 5.26 Å². The van der Waals surface area contributed by atoms with E-state index in [1.54, 1.807) is 23.1 Å². The molecule has 0 saturated carbocycles. The van der Waals surface area contributed by atoms with Gasteiger partial charge in [0.25, 0.3) is 0 Å². The summed E-state index contributed by atoms with van der Waals surface area (Å²) >= 11 is 0. The second-order valence-corrected chi connectivity index (χ2v) is 7.27. The predicted molar refractivity (Wildman–Crippen MR) is 74.2 cm³/mol. The SMILES string of the molecule is N#Cc1cccc2c1NC(=O)CN2C1CCS(=O)(=O)C1. The van der Waals surface area contributed by atoms with Gasteiger partial charge in [0, 0.05) is 6.04 Å². The average molecular weight is 291 g/mol. The van der Waals surface area contributed by atoms with E-state index in [0.29, 0.717) is 17.7 Å². The Labute approximate surface area is 116 Å². The summed E-state index contributed by atoms with van der Waals surface area (Å²) in [5.74, 6) is 0.00373. The minimum atomic E-state index is -3.02. The number of rotatable bonds is 1. The third-order valence-corrected chi connectivity index (χ3v) is 5.45. The lowest BCUT2D eigenvalue weighted by molar-refractivity contribution is -0.115. The summed E-state index contributed by atoms with van der Waals surface area (Å²) in [6.07, 6.45) is 0.520. The quantitative estimate of drug-likeness (QED) is 0.814. The van der Waals surface area contributed by atoms with Crippen molar-refractivity contribution in [2.45, 2.75) is 12.5 Å². The fraction of sp³-hybridized carbons (Fsp3) is 0.385. The second-order valence-electron chi connectivity index (χ2n) is 5.04. The largest absolute Gasteiger partial charge is 0.356 e. The Morgan fingerprint density at radius 2 is 2.20 bits per heavy atom. The highest BCUT2D eigenvalue weighted by Crippen LogP contribution is 2.35. The maximum Gasteiger partial charge on any atom is 0.243 e. The Morgan fingerprint density at radius 1 is 1.40 bits per heavy atom.